The summed E-state index contributed by atoms with van der Waals surface area (Å²) in [5.74, 6) is 2.92. The number of aliphatic imine (C=N–C) groups is 1. The molecule has 28 heavy (non-hydrogen) atoms. The largest absolute Gasteiger partial charge is 0.497 e. The summed E-state index contributed by atoms with van der Waals surface area (Å²) < 4.78 is 5.17. The topological polar surface area (TPSA) is 87.2 Å². The summed E-state index contributed by atoms with van der Waals surface area (Å²) in [6, 6.07) is 11.9. The lowest BCUT2D eigenvalue weighted by molar-refractivity contribution is 0.415. The number of nitrogens with zero attached hydrogens (tertiary/aromatic N) is 3. The van der Waals surface area contributed by atoms with Crippen molar-refractivity contribution < 1.29 is 4.74 Å². The molecule has 2 aromatic heterocycles. The molecule has 3 rings (SSSR count). The zero-order valence-electron chi connectivity index (χ0n) is 16.2. The van der Waals surface area contributed by atoms with Crippen LogP contribution in [0.2, 0.25) is 0 Å². The van der Waals surface area contributed by atoms with Crippen molar-refractivity contribution >= 4 is 41.3 Å². The molecule has 0 amide bonds. The van der Waals surface area contributed by atoms with Crippen molar-refractivity contribution in [1.82, 2.24) is 25.8 Å². The number of hydrogen-bond acceptors (Lipinski definition) is 5. The van der Waals surface area contributed by atoms with Crippen LogP contribution < -0.4 is 15.4 Å². The van der Waals surface area contributed by atoms with Gasteiger partial charge in [0.05, 0.1) is 13.7 Å². The van der Waals surface area contributed by atoms with Gasteiger partial charge in [-0.25, -0.2) is 9.98 Å². The van der Waals surface area contributed by atoms with Crippen LogP contribution in [0.3, 0.4) is 0 Å². The van der Waals surface area contributed by atoms with Crippen molar-refractivity contribution in [3.63, 3.8) is 0 Å². The Kier molecular flexibility index (Phi) is 8.71. The van der Waals surface area contributed by atoms with Crippen molar-refractivity contribution in [2.75, 3.05) is 13.7 Å². The first kappa shape index (κ1) is 22.2. The maximum Gasteiger partial charge on any atom is 0.191 e. The molecule has 0 unspecified atom stereocenters. The van der Waals surface area contributed by atoms with E-state index in [4.69, 9.17) is 4.74 Å². The molecule has 3 N–H and O–H groups in total. The number of methoxy groups -OCH3 is 1. The van der Waals surface area contributed by atoms with Gasteiger partial charge in [-0.3, -0.25) is 5.10 Å². The number of thiophene rings is 1. The van der Waals surface area contributed by atoms with E-state index in [0.29, 0.717) is 18.2 Å². The molecule has 7 nitrogen and oxygen atoms in total. The van der Waals surface area contributed by atoms with Crippen LogP contribution in [0.4, 0.5) is 0 Å². The van der Waals surface area contributed by atoms with Crippen molar-refractivity contribution in [2.45, 2.75) is 26.9 Å². The summed E-state index contributed by atoms with van der Waals surface area (Å²) in [4.78, 5) is 11.7. The molecule has 0 saturated carbocycles. The average molecular weight is 512 g/mol. The maximum absolute atomic E-state index is 5.17. The van der Waals surface area contributed by atoms with E-state index in [2.05, 4.69) is 49.9 Å². The Labute approximate surface area is 186 Å². The number of aryl methyl sites for hydroxylation is 1. The van der Waals surface area contributed by atoms with Gasteiger partial charge in [-0.1, -0.05) is 0 Å². The zero-order valence-corrected chi connectivity index (χ0v) is 19.3. The van der Waals surface area contributed by atoms with Gasteiger partial charge in [-0.15, -0.1) is 35.3 Å². The summed E-state index contributed by atoms with van der Waals surface area (Å²) >= 11 is 1.78. The van der Waals surface area contributed by atoms with Gasteiger partial charge >= 0.3 is 0 Å². The fourth-order valence-electron chi connectivity index (χ4n) is 2.48. The van der Waals surface area contributed by atoms with Crippen molar-refractivity contribution in [1.29, 1.82) is 0 Å². The molecular formula is C19H25IN6OS. The summed E-state index contributed by atoms with van der Waals surface area (Å²) in [6.45, 7) is 6.11. The van der Waals surface area contributed by atoms with Crippen LogP contribution in [0.1, 0.15) is 22.5 Å². The number of guanidine groups is 1. The molecule has 0 aliphatic rings. The van der Waals surface area contributed by atoms with E-state index >= 15 is 0 Å². The fraction of sp³-hybridized carbons (Fsp3) is 0.316. The van der Waals surface area contributed by atoms with E-state index in [9.17, 15) is 0 Å². The first-order chi connectivity index (χ1) is 13.2. The highest BCUT2D eigenvalue weighted by Crippen LogP contribution is 2.19. The van der Waals surface area contributed by atoms with E-state index in [1.807, 2.05) is 31.2 Å². The van der Waals surface area contributed by atoms with Crippen LogP contribution in [0.15, 0.2) is 41.4 Å². The molecule has 0 fully saturated rings. The monoisotopic (exact) mass is 512 g/mol. The van der Waals surface area contributed by atoms with Gasteiger partial charge in [0, 0.05) is 21.9 Å². The highest BCUT2D eigenvalue weighted by molar-refractivity contribution is 14.0. The first-order valence-electron chi connectivity index (χ1n) is 8.81. The molecule has 0 saturated heterocycles. The second kappa shape index (κ2) is 11.0. The van der Waals surface area contributed by atoms with E-state index in [0.717, 1.165) is 30.4 Å². The van der Waals surface area contributed by atoms with Crippen LogP contribution in [0.5, 0.6) is 5.75 Å². The van der Waals surface area contributed by atoms with E-state index < -0.39 is 0 Å². The number of rotatable bonds is 7. The number of aromatic amines is 1. The van der Waals surface area contributed by atoms with E-state index in [1.54, 1.807) is 18.4 Å². The second-order valence-corrected chi connectivity index (χ2v) is 7.27. The van der Waals surface area contributed by atoms with Crippen molar-refractivity contribution in [3.05, 3.63) is 52.0 Å². The molecule has 0 spiro atoms. The Hall–Kier alpha value is -2.14. The molecule has 0 aliphatic carbocycles. The van der Waals surface area contributed by atoms with Crippen LogP contribution in [0, 0.1) is 6.92 Å². The first-order valence-corrected chi connectivity index (χ1v) is 9.62. The Morgan fingerprint density at radius 3 is 2.61 bits per heavy atom. The zero-order chi connectivity index (χ0) is 19.1. The third-order valence-corrected chi connectivity index (χ3v) is 4.84. The third-order valence-electron chi connectivity index (χ3n) is 3.84. The summed E-state index contributed by atoms with van der Waals surface area (Å²) in [5, 5.41) is 13.8. The highest BCUT2D eigenvalue weighted by atomic mass is 127. The molecule has 2 heterocycles. The summed E-state index contributed by atoms with van der Waals surface area (Å²) in [6.07, 6.45) is 0. The minimum absolute atomic E-state index is 0. The lowest BCUT2D eigenvalue weighted by atomic mass is 10.2. The van der Waals surface area contributed by atoms with Gasteiger partial charge in [0.2, 0.25) is 0 Å². The molecule has 1 aromatic carbocycles. The molecule has 0 bridgehead atoms. The number of aromatic nitrogens is 3. The van der Waals surface area contributed by atoms with Crippen molar-refractivity contribution in [3.8, 4) is 17.1 Å². The van der Waals surface area contributed by atoms with Gasteiger partial charge in [0.1, 0.15) is 18.1 Å². The van der Waals surface area contributed by atoms with Gasteiger partial charge in [0.25, 0.3) is 0 Å². The minimum atomic E-state index is 0. The molecular weight excluding hydrogens is 487 g/mol. The molecule has 3 aromatic rings. The Bertz CT molecular complexity index is 890. The number of hydrogen-bond donors (Lipinski definition) is 3. The van der Waals surface area contributed by atoms with Gasteiger partial charge in [0.15, 0.2) is 11.8 Å². The van der Waals surface area contributed by atoms with Gasteiger partial charge in [-0.05, 0) is 50.2 Å². The minimum Gasteiger partial charge on any atom is -0.497 e. The normalized spacial score (nSPS) is 11.0. The number of nitrogens with one attached hydrogen (secondary N) is 3. The van der Waals surface area contributed by atoms with Crippen LogP contribution in [-0.4, -0.2) is 34.8 Å². The Morgan fingerprint density at radius 2 is 1.96 bits per heavy atom. The van der Waals surface area contributed by atoms with Crippen molar-refractivity contribution in [2.24, 2.45) is 4.99 Å². The van der Waals surface area contributed by atoms with E-state index in [-0.39, 0.29) is 24.0 Å². The SMILES string of the molecule is CCNC(=NCc1nc(-c2ccc(OC)cc2)n[nH]1)NCc1ccc(C)s1.I. The van der Waals surface area contributed by atoms with E-state index in [1.165, 1.54) is 9.75 Å². The van der Waals surface area contributed by atoms with Crippen LogP contribution in [0.25, 0.3) is 11.4 Å². The summed E-state index contributed by atoms with van der Waals surface area (Å²) in [7, 11) is 1.65. The highest BCUT2D eigenvalue weighted by Gasteiger charge is 2.07. The Morgan fingerprint density at radius 1 is 1.18 bits per heavy atom. The lowest BCUT2D eigenvalue weighted by Crippen LogP contribution is -2.36. The van der Waals surface area contributed by atoms with Gasteiger partial charge in [-0.2, -0.15) is 5.10 Å². The maximum atomic E-state index is 5.17. The Balaban J connectivity index is 0.00000280. The van der Waals surface area contributed by atoms with Crippen LogP contribution >= 0.6 is 35.3 Å². The number of halogens is 1. The number of ether oxygens (including phenoxy) is 1. The molecule has 0 radical (unpaired) electrons. The quantitative estimate of drug-likeness (QED) is 0.255. The average Bonchev–Trinajstić information content (AvgIpc) is 3.33. The second-order valence-electron chi connectivity index (χ2n) is 5.90. The predicted octanol–water partition coefficient (Wildman–Crippen LogP) is 3.72. The molecule has 0 aliphatic heterocycles. The standard InChI is InChI=1S/C19H24N6OS.HI/c1-4-20-19(21-11-16-10-5-13(2)27-16)22-12-17-23-18(25-24-17)14-6-8-15(26-3)9-7-14;/h5-10H,4,11-12H2,1-3H3,(H2,20,21,22)(H,23,24,25);1H. The third kappa shape index (κ3) is 6.20. The van der Waals surface area contributed by atoms with Gasteiger partial charge < -0.3 is 15.4 Å². The van der Waals surface area contributed by atoms with Crippen LogP contribution in [-0.2, 0) is 13.1 Å². The predicted molar refractivity (Wildman–Crippen MR) is 124 cm³/mol. The molecule has 150 valence electrons. The smallest absolute Gasteiger partial charge is 0.191 e. The number of benzene rings is 1. The molecule has 9 heteroatoms. The summed E-state index contributed by atoms with van der Waals surface area (Å²) in [5.41, 5.74) is 0.931. The fourth-order valence-corrected chi connectivity index (χ4v) is 3.31. The number of H-pyrrole nitrogens is 1. The lowest BCUT2D eigenvalue weighted by Gasteiger charge is -2.09. The molecule has 0 atom stereocenters.